The maximum absolute atomic E-state index is 13.4. The van der Waals surface area contributed by atoms with Gasteiger partial charge in [0.25, 0.3) is 0 Å². The van der Waals surface area contributed by atoms with E-state index in [0.717, 1.165) is 60.0 Å². The summed E-state index contributed by atoms with van der Waals surface area (Å²) in [5.74, 6) is 1.49. The summed E-state index contributed by atoms with van der Waals surface area (Å²) in [7, 11) is -1.37. The fourth-order valence-corrected chi connectivity index (χ4v) is 7.01. The Morgan fingerprint density at radius 2 is 1.82 bits per heavy atom. The Bertz CT molecular complexity index is 1430. The minimum absolute atomic E-state index is 0.0299. The number of aromatic nitrogens is 2. The van der Waals surface area contributed by atoms with Crippen LogP contribution in [0.4, 0.5) is 11.6 Å². The normalized spacial score (nSPS) is 15.9. The fraction of sp³-hybridized carbons (Fsp3) is 0.471. The third kappa shape index (κ3) is 9.04. The predicted octanol–water partition coefficient (Wildman–Crippen LogP) is 7.08. The van der Waals surface area contributed by atoms with Gasteiger partial charge in [0.1, 0.15) is 11.9 Å². The SMILES string of the molecule is CCOc1ccccc1OC1CCCN(c2cncc(NC(=O)C[C@H](CC[Si](C)(C)C)c3cc(C)c(C(=O)O)c(C)c3)n2)C1. The molecule has 1 amide bonds. The van der Waals surface area contributed by atoms with E-state index in [4.69, 9.17) is 14.5 Å². The van der Waals surface area contributed by atoms with E-state index in [1.165, 1.54) is 0 Å². The molecule has 2 aromatic carbocycles. The molecule has 0 bridgehead atoms. The first-order valence-corrected chi connectivity index (χ1v) is 19.2. The monoisotopic (exact) mass is 618 g/mol. The van der Waals surface area contributed by atoms with Gasteiger partial charge in [-0.05, 0) is 74.8 Å². The summed E-state index contributed by atoms with van der Waals surface area (Å²) in [5, 5.41) is 12.6. The molecular weight excluding hydrogens is 572 g/mol. The number of carboxylic acids is 1. The molecule has 0 aliphatic carbocycles. The van der Waals surface area contributed by atoms with Crippen LogP contribution in [-0.4, -0.2) is 60.8 Å². The Kier molecular flexibility index (Phi) is 11.0. The second-order valence-corrected chi connectivity index (χ2v) is 18.5. The van der Waals surface area contributed by atoms with Gasteiger partial charge >= 0.3 is 5.97 Å². The van der Waals surface area contributed by atoms with E-state index in [1.54, 1.807) is 12.4 Å². The number of carbonyl (C=O) groups excluding carboxylic acids is 1. The van der Waals surface area contributed by atoms with Crippen LogP contribution in [0.3, 0.4) is 0 Å². The molecule has 1 saturated heterocycles. The van der Waals surface area contributed by atoms with Crippen LogP contribution >= 0.6 is 0 Å². The highest BCUT2D eigenvalue weighted by molar-refractivity contribution is 6.76. The highest BCUT2D eigenvalue weighted by Crippen LogP contribution is 2.32. The van der Waals surface area contributed by atoms with Crippen molar-refractivity contribution >= 4 is 31.6 Å². The maximum Gasteiger partial charge on any atom is 0.336 e. The summed E-state index contributed by atoms with van der Waals surface area (Å²) in [6.07, 6.45) is 6.27. The molecule has 1 fully saturated rings. The molecule has 2 atom stereocenters. The van der Waals surface area contributed by atoms with E-state index in [1.807, 2.05) is 57.2 Å². The van der Waals surface area contributed by atoms with Crippen molar-refractivity contribution in [3.05, 3.63) is 71.0 Å². The number of para-hydroxylation sites is 2. The molecular formula is C34H46N4O5Si. The van der Waals surface area contributed by atoms with Gasteiger partial charge in [-0.25, -0.2) is 9.78 Å². The highest BCUT2D eigenvalue weighted by atomic mass is 28.3. The van der Waals surface area contributed by atoms with Crippen LogP contribution in [-0.2, 0) is 4.79 Å². The number of hydrogen-bond donors (Lipinski definition) is 2. The molecule has 0 saturated carbocycles. The standard InChI is InChI=1S/C34H46N4O5Si/c1-7-42-28-12-8-9-13-29(28)43-27-11-10-15-38(22-27)31-21-35-20-30(36-31)37-32(39)19-25(14-16-44(4,5)6)26-17-23(2)33(34(40)41)24(3)18-26/h8-9,12-13,17-18,20-21,25,27H,7,10-11,14-16,19,22H2,1-6H3,(H,40,41)(H,36,37,39)/t25-,27?/m0/s1. The molecule has 236 valence electrons. The average Bonchev–Trinajstić information content (AvgIpc) is 2.95. The Hall–Kier alpha value is -3.92. The van der Waals surface area contributed by atoms with Gasteiger partial charge in [-0.15, -0.1) is 0 Å². The minimum Gasteiger partial charge on any atom is -0.490 e. The molecule has 1 unspecified atom stereocenters. The van der Waals surface area contributed by atoms with Crippen molar-refractivity contribution in [1.29, 1.82) is 0 Å². The number of carboxylic acid groups (broad SMARTS) is 1. The Morgan fingerprint density at radius 1 is 1.11 bits per heavy atom. The number of hydrogen-bond acceptors (Lipinski definition) is 7. The maximum atomic E-state index is 13.4. The Balaban J connectivity index is 1.45. The molecule has 9 nitrogen and oxygen atoms in total. The number of nitrogens with zero attached hydrogens (tertiary/aromatic N) is 3. The van der Waals surface area contributed by atoms with Crippen molar-refractivity contribution in [2.45, 2.75) is 84.2 Å². The number of rotatable bonds is 13. The number of aryl methyl sites for hydroxylation is 2. The van der Waals surface area contributed by atoms with Crippen LogP contribution in [0.5, 0.6) is 11.5 Å². The number of nitrogens with one attached hydrogen (secondary N) is 1. The van der Waals surface area contributed by atoms with Crippen molar-refractivity contribution in [2.24, 2.45) is 0 Å². The first kappa shape index (κ1) is 33.0. The molecule has 4 rings (SSSR count). The van der Waals surface area contributed by atoms with Crippen LogP contribution in [0.1, 0.15) is 65.6 Å². The van der Waals surface area contributed by atoms with E-state index in [9.17, 15) is 14.7 Å². The van der Waals surface area contributed by atoms with Gasteiger partial charge in [-0.1, -0.05) is 50.0 Å². The van der Waals surface area contributed by atoms with Crippen LogP contribution in [0.2, 0.25) is 25.7 Å². The first-order chi connectivity index (χ1) is 20.9. The molecule has 0 radical (unpaired) electrons. The lowest BCUT2D eigenvalue weighted by atomic mass is 9.88. The summed E-state index contributed by atoms with van der Waals surface area (Å²) in [6, 6.07) is 12.7. The lowest BCUT2D eigenvalue weighted by Gasteiger charge is -2.33. The molecule has 1 aliphatic rings. The number of ether oxygens (including phenoxy) is 2. The minimum atomic E-state index is -1.37. The van der Waals surface area contributed by atoms with E-state index in [2.05, 4.69) is 34.8 Å². The number of benzene rings is 2. The zero-order chi connectivity index (χ0) is 31.9. The van der Waals surface area contributed by atoms with E-state index >= 15 is 0 Å². The largest absolute Gasteiger partial charge is 0.490 e. The van der Waals surface area contributed by atoms with Gasteiger partial charge in [0, 0.05) is 21.0 Å². The predicted molar refractivity (Wildman–Crippen MR) is 177 cm³/mol. The quantitative estimate of drug-likeness (QED) is 0.195. The number of aromatic carboxylic acids is 1. The molecule has 1 aliphatic heterocycles. The zero-order valence-electron chi connectivity index (χ0n) is 26.9. The molecule has 2 N–H and O–H groups in total. The second kappa shape index (κ2) is 14.7. The number of carbonyl (C=O) groups is 2. The smallest absolute Gasteiger partial charge is 0.336 e. The summed E-state index contributed by atoms with van der Waals surface area (Å²) in [6.45, 7) is 14.6. The van der Waals surface area contributed by atoms with Crippen molar-refractivity contribution in [2.75, 3.05) is 29.9 Å². The van der Waals surface area contributed by atoms with E-state index < -0.39 is 14.0 Å². The van der Waals surface area contributed by atoms with Crippen molar-refractivity contribution in [3.8, 4) is 11.5 Å². The van der Waals surface area contributed by atoms with Crippen LogP contribution in [0.15, 0.2) is 48.8 Å². The first-order valence-electron chi connectivity index (χ1n) is 15.5. The van der Waals surface area contributed by atoms with Crippen molar-refractivity contribution < 1.29 is 24.2 Å². The topological polar surface area (TPSA) is 114 Å². The third-order valence-electron chi connectivity index (χ3n) is 7.95. The van der Waals surface area contributed by atoms with Gasteiger partial charge in [-0.2, -0.15) is 0 Å². The lowest BCUT2D eigenvalue weighted by Crippen LogP contribution is -2.41. The highest BCUT2D eigenvalue weighted by Gasteiger charge is 2.25. The van der Waals surface area contributed by atoms with Gasteiger partial charge in [0.15, 0.2) is 17.3 Å². The summed E-state index contributed by atoms with van der Waals surface area (Å²) in [5.41, 5.74) is 2.77. The molecule has 3 aromatic rings. The average molecular weight is 619 g/mol. The van der Waals surface area contributed by atoms with Crippen molar-refractivity contribution in [1.82, 2.24) is 9.97 Å². The molecule has 0 spiro atoms. The van der Waals surface area contributed by atoms with Crippen LogP contribution in [0, 0.1) is 13.8 Å². The molecule has 44 heavy (non-hydrogen) atoms. The number of piperidine rings is 1. The molecule has 10 heteroatoms. The third-order valence-corrected chi connectivity index (χ3v) is 9.74. The molecule has 1 aromatic heterocycles. The number of amides is 1. The van der Waals surface area contributed by atoms with Crippen LogP contribution in [0.25, 0.3) is 0 Å². The van der Waals surface area contributed by atoms with Gasteiger partial charge < -0.3 is 24.8 Å². The van der Waals surface area contributed by atoms with Gasteiger partial charge in [-0.3, -0.25) is 9.78 Å². The van der Waals surface area contributed by atoms with Gasteiger partial charge in [0.05, 0.1) is 31.1 Å². The summed E-state index contributed by atoms with van der Waals surface area (Å²) < 4.78 is 12.1. The fourth-order valence-electron chi connectivity index (χ4n) is 5.79. The van der Waals surface area contributed by atoms with E-state index in [-0.39, 0.29) is 24.3 Å². The lowest BCUT2D eigenvalue weighted by molar-refractivity contribution is -0.116. The molecule has 2 heterocycles. The van der Waals surface area contributed by atoms with Gasteiger partial charge in [0.2, 0.25) is 5.91 Å². The number of anilines is 2. The zero-order valence-corrected chi connectivity index (χ0v) is 27.9. The van der Waals surface area contributed by atoms with Crippen molar-refractivity contribution in [3.63, 3.8) is 0 Å². The van der Waals surface area contributed by atoms with Crippen LogP contribution < -0.4 is 19.7 Å². The Labute approximate surface area is 262 Å². The van der Waals surface area contributed by atoms with E-state index in [0.29, 0.717) is 30.4 Å². The summed E-state index contributed by atoms with van der Waals surface area (Å²) >= 11 is 0. The Morgan fingerprint density at radius 3 is 2.48 bits per heavy atom. The second-order valence-electron chi connectivity index (χ2n) is 12.9. The summed E-state index contributed by atoms with van der Waals surface area (Å²) in [4.78, 5) is 36.4.